The molecule has 0 aliphatic carbocycles. The lowest BCUT2D eigenvalue weighted by atomic mass is 10.1. The van der Waals surface area contributed by atoms with Crippen LogP contribution in [0.4, 0.5) is 0 Å². The Morgan fingerprint density at radius 2 is 1.67 bits per heavy atom. The summed E-state index contributed by atoms with van der Waals surface area (Å²) < 4.78 is 14.3. The van der Waals surface area contributed by atoms with E-state index in [1.807, 2.05) is 18.2 Å². The largest absolute Gasteiger partial charge is 0.494 e. The predicted octanol–water partition coefficient (Wildman–Crippen LogP) is 6.01. The van der Waals surface area contributed by atoms with Gasteiger partial charge in [-0.2, -0.15) is 0 Å². The first-order valence-electron chi connectivity index (χ1n) is 10.4. The van der Waals surface area contributed by atoms with Crippen molar-refractivity contribution in [3.8, 4) is 11.5 Å². The molecule has 0 saturated heterocycles. The van der Waals surface area contributed by atoms with Crippen LogP contribution in [-0.4, -0.2) is 16.2 Å². The van der Waals surface area contributed by atoms with Crippen LogP contribution in [0.25, 0.3) is 11.0 Å². The minimum atomic E-state index is 0.442. The van der Waals surface area contributed by atoms with Gasteiger partial charge < -0.3 is 14.0 Å². The molecule has 1 heterocycles. The Balaban J connectivity index is 1.46. The molecule has 4 heteroatoms. The third kappa shape index (κ3) is 4.65. The van der Waals surface area contributed by atoms with E-state index < -0.39 is 0 Å². The van der Waals surface area contributed by atoms with Gasteiger partial charge in [0.2, 0.25) is 0 Å². The van der Waals surface area contributed by atoms with Crippen molar-refractivity contribution in [3.05, 3.63) is 89.2 Å². The molecule has 4 rings (SSSR count). The predicted molar refractivity (Wildman–Crippen MR) is 121 cm³/mol. The van der Waals surface area contributed by atoms with Gasteiger partial charge in [-0.15, -0.1) is 0 Å². The maximum absolute atomic E-state index is 6.15. The standard InChI is InChI=1S/C26H28N2O2/c1-19-8-6-9-22(16-19)29-15-7-14-28-24-11-5-4-10-23(24)27-26(28)18-30-25-17-20(2)12-13-21(25)3/h4-6,8-13,16-17H,7,14-15,18H2,1-3H3. The van der Waals surface area contributed by atoms with Gasteiger partial charge in [0.1, 0.15) is 23.9 Å². The zero-order chi connectivity index (χ0) is 20.9. The molecule has 4 nitrogen and oxygen atoms in total. The van der Waals surface area contributed by atoms with Crippen molar-refractivity contribution < 1.29 is 9.47 Å². The summed E-state index contributed by atoms with van der Waals surface area (Å²) >= 11 is 0. The number of imidazole rings is 1. The summed E-state index contributed by atoms with van der Waals surface area (Å²) in [7, 11) is 0. The van der Waals surface area contributed by atoms with Gasteiger partial charge in [0.05, 0.1) is 17.6 Å². The van der Waals surface area contributed by atoms with Crippen LogP contribution in [0.3, 0.4) is 0 Å². The molecule has 154 valence electrons. The molecule has 0 unspecified atom stereocenters. The molecule has 0 radical (unpaired) electrons. The number of rotatable bonds is 8. The molecule has 0 aliphatic heterocycles. The summed E-state index contributed by atoms with van der Waals surface area (Å²) in [6.07, 6.45) is 0.894. The molecular formula is C26H28N2O2. The van der Waals surface area contributed by atoms with Crippen LogP contribution in [0, 0.1) is 20.8 Å². The lowest BCUT2D eigenvalue weighted by Crippen LogP contribution is -2.10. The molecule has 0 aliphatic rings. The van der Waals surface area contributed by atoms with Crippen LogP contribution in [-0.2, 0) is 13.2 Å². The third-order valence-electron chi connectivity index (χ3n) is 5.22. The molecule has 0 amide bonds. The molecule has 0 N–H and O–H groups in total. The summed E-state index contributed by atoms with van der Waals surface area (Å²) in [4.78, 5) is 4.83. The van der Waals surface area contributed by atoms with Crippen molar-refractivity contribution in [2.45, 2.75) is 40.3 Å². The fraction of sp³-hybridized carbons (Fsp3) is 0.269. The second kappa shape index (κ2) is 9.04. The summed E-state index contributed by atoms with van der Waals surface area (Å²) in [6.45, 7) is 8.16. The number of hydrogen-bond donors (Lipinski definition) is 0. The Morgan fingerprint density at radius 3 is 2.53 bits per heavy atom. The molecule has 0 fully saturated rings. The van der Waals surface area contributed by atoms with Gasteiger partial charge >= 0.3 is 0 Å². The van der Waals surface area contributed by atoms with Gasteiger partial charge in [0.15, 0.2) is 0 Å². The second-order valence-corrected chi connectivity index (χ2v) is 7.74. The van der Waals surface area contributed by atoms with E-state index in [0.29, 0.717) is 13.2 Å². The van der Waals surface area contributed by atoms with Gasteiger partial charge in [-0.05, 0) is 74.2 Å². The van der Waals surface area contributed by atoms with Gasteiger partial charge in [-0.25, -0.2) is 4.98 Å². The van der Waals surface area contributed by atoms with Crippen molar-refractivity contribution in [1.29, 1.82) is 0 Å². The number of nitrogens with zero attached hydrogens (tertiary/aromatic N) is 2. The van der Waals surface area contributed by atoms with Crippen molar-refractivity contribution in [2.75, 3.05) is 6.61 Å². The van der Waals surface area contributed by atoms with Crippen LogP contribution >= 0.6 is 0 Å². The van der Waals surface area contributed by atoms with Crippen molar-refractivity contribution >= 4 is 11.0 Å². The number of aromatic nitrogens is 2. The van der Waals surface area contributed by atoms with Crippen molar-refractivity contribution in [2.24, 2.45) is 0 Å². The summed E-state index contributed by atoms with van der Waals surface area (Å²) in [5.41, 5.74) is 5.66. The van der Waals surface area contributed by atoms with Crippen molar-refractivity contribution in [3.63, 3.8) is 0 Å². The first-order valence-corrected chi connectivity index (χ1v) is 10.4. The van der Waals surface area contributed by atoms with Crippen LogP contribution in [0.5, 0.6) is 11.5 Å². The van der Waals surface area contributed by atoms with Crippen LogP contribution in [0.1, 0.15) is 28.9 Å². The first-order chi connectivity index (χ1) is 14.6. The van der Waals surface area contributed by atoms with E-state index in [-0.39, 0.29) is 0 Å². The van der Waals surface area contributed by atoms with E-state index in [0.717, 1.165) is 46.9 Å². The van der Waals surface area contributed by atoms with Crippen LogP contribution < -0.4 is 9.47 Å². The highest BCUT2D eigenvalue weighted by molar-refractivity contribution is 5.75. The zero-order valence-electron chi connectivity index (χ0n) is 17.9. The average molecular weight is 401 g/mol. The normalized spacial score (nSPS) is 11.0. The van der Waals surface area contributed by atoms with Crippen LogP contribution in [0.15, 0.2) is 66.7 Å². The van der Waals surface area contributed by atoms with Gasteiger partial charge in [-0.1, -0.05) is 36.4 Å². The third-order valence-corrected chi connectivity index (χ3v) is 5.22. The molecular weight excluding hydrogens is 372 g/mol. The highest BCUT2D eigenvalue weighted by Crippen LogP contribution is 2.22. The minimum Gasteiger partial charge on any atom is -0.494 e. The monoisotopic (exact) mass is 400 g/mol. The number of para-hydroxylation sites is 2. The lowest BCUT2D eigenvalue weighted by molar-refractivity contribution is 0.279. The topological polar surface area (TPSA) is 36.3 Å². The average Bonchev–Trinajstić information content (AvgIpc) is 3.09. The summed E-state index contributed by atoms with van der Waals surface area (Å²) in [5, 5.41) is 0. The van der Waals surface area contributed by atoms with E-state index >= 15 is 0 Å². The highest BCUT2D eigenvalue weighted by Gasteiger charge is 2.12. The van der Waals surface area contributed by atoms with Crippen molar-refractivity contribution in [1.82, 2.24) is 9.55 Å². The molecule has 0 atom stereocenters. The Morgan fingerprint density at radius 1 is 0.833 bits per heavy atom. The number of hydrogen-bond acceptors (Lipinski definition) is 3. The molecule has 0 saturated carbocycles. The minimum absolute atomic E-state index is 0.442. The maximum atomic E-state index is 6.15. The quantitative estimate of drug-likeness (QED) is 0.340. The van der Waals surface area contributed by atoms with E-state index in [1.54, 1.807) is 0 Å². The van der Waals surface area contributed by atoms with E-state index in [1.165, 1.54) is 11.1 Å². The number of ether oxygens (including phenoxy) is 2. The molecule has 0 spiro atoms. The molecule has 30 heavy (non-hydrogen) atoms. The SMILES string of the molecule is Cc1cccc(OCCCn2c(COc3cc(C)ccc3C)nc3ccccc32)c1. The zero-order valence-corrected chi connectivity index (χ0v) is 17.9. The summed E-state index contributed by atoms with van der Waals surface area (Å²) in [6, 6.07) is 22.7. The fourth-order valence-electron chi connectivity index (χ4n) is 3.61. The maximum Gasteiger partial charge on any atom is 0.148 e. The smallest absolute Gasteiger partial charge is 0.148 e. The van der Waals surface area contributed by atoms with Gasteiger partial charge in [0, 0.05) is 6.54 Å². The Bertz CT molecular complexity index is 1150. The lowest BCUT2D eigenvalue weighted by Gasteiger charge is -2.13. The molecule has 0 bridgehead atoms. The molecule has 3 aromatic carbocycles. The van der Waals surface area contributed by atoms with E-state index in [2.05, 4.69) is 73.9 Å². The number of aryl methyl sites for hydroxylation is 4. The number of benzene rings is 3. The Hall–Kier alpha value is -3.27. The van der Waals surface area contributed by atoms with Gasteiger partial charge in [-0.3, -0.25) is 0 Å². The first kappa shape index (κ1) is 20.0. The Labute approximate surface area is 178 Å². The number of fused-ring (bicyclic) bond motifs is 1. The second-order valence-electron chi connectivity index (χ2n) is 7.74. The van der Waals surface area contributed by atoms with Gasteiger partial charge in [0.25, 0.3) is 0 Å². The highest BCUT2D eigenvalue weighted by atomic mass is 16.5. The van der Waals surface area contributed by atoms with Crippen LogP contribution in [0.2, 0.25) is 0 Å². The Kier molecular flexibility index (Phi) is 6.03. The summed E-state index contributed by atoms with van der Waals surface area (Å²) in [5.74, 6) is 2.77. The van der Waals surface area contributed by atoms with E-state index in [9.17, 15) is 0 Å². The van der Waals surface area contributed by atoms with E-state index in [4.69, 9.17) is 14.5 Å². The fourth-order valence-corrected chi connectivity index (χ4v) is 3.61. The molecule has 4 aromatic rings. The molecule has 1 aromatic heterocycles.